The number of benzene rings is 2. The van der Waals surface area contributed by atoms with Gasteiger partial charge in [0.25, 0.3) is 5.91 Å². The van der Waals surface area contributed by atoms with Crippen LogP contribution < -0.4 is 10.1 Å². The molecule has 1 aromatic heterocycles. The van der Waals surface area contributed by atoms with Gasteiger partial charge in [0.2, 0.25) is 0 Å². The molecule has 0 aliphatic rings. The van der Waals surface area contributed by atoms with Crippen LogP contribution >= 0.6 is 23.2 Å². The number of rotatable bonds is 6. The van der Waals surface area contributed by atoms with Gasteiger partial charge in [-0.15, -0.1) is 0 Å². The van der Waals surface area contributed by atoms with E-state index in [9.17, 15) is 9.90 Å². The van der Waals surface area contributed by atoms with Crippen LogP contribution in [0.25, 0.3) is 10.9 Å². The molecule has 5 nitrogen and oxygen atoms in total. The first kappa shape index (κ1) is 18.6. The molecule has 0 saturated heterocycles. The highest BCUT2D eigenvalue weighted by molar-refractivity contribution is 6.35. The van der Waals surface area contributed by atoms with Crippen molar-refractivity contribution in [1.29, 1.82) is 0 Å². The number of aliphatic hydroxyl groups excluding tert-OH is 1. The third-order valence-corrected chi connectivity index (χ3v) is 4.56. The molecular weight excluding hydrogens is 375 g/mol. The smallest absolute Gasteiger partial charge is 0.258 e. The van der Waals surface area contributed by atoms with E-state index in [0.717, 1.165) is 16.5 Å². The molecule has 0 bridgehead atoms. The number of aryl methyl sites for hydroxylation is 1. The highest BCUT2D eigenvalue weighted by Crippen LogP contribution is 2.27. The summed E-state index contributed by atoms with van der Waals surface area (Å²) in [4.78, 5) is 12.0. The first-order valence-corrected chi connectivity index (χ1v) is 8.78. The van der Waals surface area contributed by atoms with Gasteiger partial charge in [0.05, 0.1) is 11.1 Å². The van der Waals surface area contributed by atoms with E-state index < -0.39 is 6.10 Å². The number of aromatic nitrogens is 1. The van der Waals surface area contributed by atoms with E-state index in [1.54, 1.807) is 18.2 Å². The average molecular weight is 393 g/mol. The van der Waals surface area contributed by atoms with Gasteiger partial charge in [0.1, 0.15) is 5.75 Å². The van der Waals surface area contributed by atoms with E-state index in [0.29, 0.717) is 15.8 Å². The summed E-state index contributed by atoms with van der Waals surface area (Å²) in [6.45, 7) is -0.117. The number of nitrogens with one attached hydrogen (secondary N) is 1. The van der Waals surface area contributed by atoms with Crippen LogP contribution in [0.2, 0.25) is 10.0 Å². The maximum absolute atomic E-state index is 12.0. The minimum atomic E-state index is -0.816. The van der Waals surface area contributed by atoms with Crippen LogP contribution in [-0.4, -0.2) is 28.7 Å². The molecular formula is C19H18Cl2N2O3. The van der Waals surface area contributed by atoms with Gasteiger partial charge in [-0.2, -0.15) is 0 Å². The maximum atomic E-state index is 12.0. The largest absolute Gasteiger partial charge is 0.482 e. The van der Waals surface area contributed by atoms with E-state index in [1.807, 2.05) is 42.1 Å². The number of halogens is 2. The number of hydrogen-bond acceptors (Lipinski definition) is 3. The summed E-state index contributed by atoms with van der Waals surface area (Å²) in [6.07, 6.45) is 1.05. The molecule has 3 rings (SSSR count). The topological polar surface area (TPSA) is 63.5 Å². The highest BCUT2D eigenvalue weighted by Gasteiger charge is 2.15. The monoisotopic (exact) mass is 392 g/mol. The minimum Gasteiger partial charge on any atom is -0.482 e. The normalized spacial score (nSPS) is 12.2. The third kappa shape index (κ3) is 4.12. The number of hydrogen-bond donors (Lipinski definition) is 2. The van der Waals surface area contributed by atoms with Crippen molar-refractivity contribution in [2.75, 3.05) is 13.2 Å². The van der Waals surface area contributed by atoms with Crippen molar-refractivity contribution in [2.45, 2.75) is 6.10 Å². The zero-order valence-electron chi connectivity index (χ0n) is 14.1. The molecule has 1 atom stereocenters. The molecule has 0 saturated carbocycles. The Kier molecular flexibility index (Phi) is 5.71. The van der Waals surface area contributed by atoms with Gasteiger partial charge >= 0.3 is 0 Å². The summed E-state index contributed by atoms with van der Waals surface area (Å²) < 4.78 is 7.32. The number of fused-ring (bicyclic) bond motifs is 1. The molecule has 26 heavy (non-hydrogen) atoms. The highest BCUT2D eigenvalue weighted by atomic mass is 35.5. The molecule has 136 valence electrons. The Labute approximate surface area is 161 Å². The molecule has 0 unspecified atom stereocenters. The molecule has 2 aromatic carbocycles. The molecule has 0 spiro atoms. The molecule has 0 aliphatic carbocycles. The van der Waals surface area contributed by atoms with Gasteiger partial charge < -0.3 is 19.7 Å². The second kappa shape index (κ2) is 7.99. The summed E-state index contributed by atoms with van der Waals surface area (Å²) in [6, 6.07) is 12.6. The standard InChI is InChI=1S/C19H18Cl2N2O3/c1-23-10-14(13-4-2-3-5-16(13)23)17(24)9-22-19(25)11-26-18-7-6-12(20)8-15(18)21/h2-8,10,17,24H,9,11H2,1H3,(H,22,25)/t17-/m1/s1. The fraction of sp³-hybridized carbons (Fsp3) is 0.211. The molecule has 2 N–H and O–H groups in total. The van der Waals surface area contributed by atoms with Crippen molar-refractivity contribution in [3.8, 4) is 5.75 Å². The zero-order valence-corrected chi connectivity index (χ0v) is 15.6. The summed E-state index contributed by atoms with van der Waals surface area (Å²) in [5.74, 6) is 0.0242. The minimum absolute atomic E-state index is 0.0878. The molecule has 1 amide bonds. The van der Waals surface area contributed by atoms with Crippen LogP contribution in [0.4, 0.5) is 0 Å². The fourth-order valence-corrected chi connectivity index (χ4v) is 3.21. The molecule has 3 aromatic rings. The summed E-state index contributed by atoms with van der Waals surface area (Å²) in [5.41, 5.74) is 1.79. The Balaban J connectivity index is 1.57. The van der Waals surface area contributed by atoms with Gasteiger partial charge in [0, 0.05) is 41.3 Å². The number of aliphatic hydroxyl groups is 1. The second-order valence-electron chi connectivity index (χ2n) is 5.90. The lowest BCUT2D eigenvalue weighted by atomic mass is 10.1. The number of nitrogens with zero attached hydrogens (tertiary/aromatic N) is 1. The molecule has 0 radical (unpaired) electrons. The quantitative estimate of drug-likeness (QED) is 0.671. The third-order valence-electron chi connectivity index (χ3n) is 4.03. The number of carbonyl (C=O) groups excluding carboxylic acids is 1. The van der Waals surface area contributed by atoms with Crippen molar-refractivity contribution in [2.24, 2.45) is 7.05 Å². The van der Waals surface area contributed by atoms with Crippen molar-refractivity contribution >= 4 is 40.0 Å². The van der Waals surface area contributed by atoms with E-state index in [4.69, 9.17) is 27.9 Å². The maximum Gasteiger partial charge on any atom is 0.258 e. The van der Waals surface area contributed by atoms with Crippen LogP contribution in [0.3, 0.4) is 0 Å². The number of carbonyl (C=O) groups is 1. The Hall–Kier alpha value is -2.21. The predicted molar refractivity (Wildman–Crippen MR) is 103 cm³/mol. The van der Waals surface area contributed by atoms with E-state index >= 15 is 0 Å². The van der Waals surface area contributed by atoms with Crippen LogP contribution in [0.15, 0.2) is 48.7 Å². The van der Waals surface area contributed by atoms with E-state index in [-0.39, 0.29) is 19.1 Å². The average Bonchev–Trinajstić information content (AvgIpc) is 2.96. The van der Waals surface area contributed by atoms with Crippen LogP contribution in [-0.2, 0) is 11.8 Å². The Bertz CT molecular complexity index is 940. The lowest BCUT2D eigenvalue weighted by molar-refractivity contribution is -0.123. The van der Waals surface area contributed by atoms with E-state index in [1.165, 1.54) is 0 Å². The van der Waals surface area contributed by atoms with Crippen molar-refractivity contribution in [3.05, 3.63) is 64.3 Å². The Morgan fingerprint density at radius 2 is 2.04 bits per heavy atom. The second-order valence-corrected chi connectivity index (χ2v) is 6.74. The Morgan fingerprint density at radius 1 is 1.27 bits per heavy atom. The summed E-state index contributed by atoms with van der Waals surface area (Å²) in [5, 5.41) is 14.9. The van der Waals surface area contributed by atoms with Crippen LogP contribution in [0.5, 0.6) is 5.75 Å². The first-order valence-electron chi connectivity index (χ1n) is 8.02. The number of para-hydroxylation sites is 1. The van der Waals surface area contributed by atoms with Crippen LogP contribution in [0, 0.1) is 0 Å². The molecule has 1 heterocycles. The summed E-state index contributed by atoms with van der Waals surface area (Å²) >= 11 is 11.8. The summed E-state index contributed by atoms with van der Waals surface area (Å²) in [7, 11) is 1.92. The number of amides is 1. The first-order chi connectivity index (χ1) is 12.5. The van der Waals surface area contributed by atoms with E-state index in [2.05, 4.69) is 5.32 Å². The molecule has 7 heteroatoms. The van der Waals surface area contributed by atoms with Gasteiger partial charge in [-0.1, -0.05) is 41.4 Å². The van der Waals surface area contributed by atoms with Crippen LogP contribution in [0.1, 0.15) is 11.7 Å². The lowest BCUT2D eigenvalue weighted by Gasteiger charge is -2.12. The van der Waals surface area contributed by atoms with Crippen molar-refractivity contribution < 1.29 is 14.6 Å². The SMILES string of the molecule is Cn1cc([C@H](O)CNC(=O)COc2ccc(Cl)cc2Cl)c2ccccc21. The Morgan fingerprint density at radius 3 is 2.81 bits per heavy atom. The van der Waals surface area contributed by atoms with Crippen molar-refractivity contribution in [3.63, 3.8) is 0 Å². The van der Waals surface area contributed by atoms with Crippen molar-refractivity contribution in [1.82, 2.24) is 9.88 Å². The van der Waals surface area contributed by atoms with Gasteiger partial charge in [0.15, 0.2) is 6.61 Å². The number of ether oxygens (including phenoxy) is 1. The predicted octanol–water partition coefficient (Wildman–Crippen LogP) is 3.71. The fourth-order valence-electron chi connectivity index (χ4n) is 2.75. The zero-order chi connectivity index (χ0) is 18.7. The molecule has 0 aliphatic heterocycles. The van der Waals surface area contributed by atoms with Gasteiger partial charge in [-0.25, -0.2) is 0 Å². The lowest BCUT2D eigenvalue weighted by Crippen LogP contribution is -2.32. The molecule has 0 fully saturated rings. The van der Waals surface area contributed by atoms with Gasteiger partial charge in [-0.05, 0) is 24.3 Å². The van der Waals surface area contributed by atoms with Gasteiger partial charge in [-0.3, -0.25) is 4.79 Å².